The topological polar surface area (TPSA) is 36.7 Å². The molecule has 1 aromatic carbocycles. The quantitative estimate of drug-likeness (QED) is 0.480. The Morgan fingerprint density at radius 3 is 1.90 bits per heavy atom. The molecular weight excluding hydrogens is 279 g/mol. The van der Waals surface area contributed by atoms with Crippen molar-refractivity contribution in [1.82, 2.24) is 4.98 Å². The number of halogens is 5. The van der Waals surface area contributed by atoms with E-state index in [1.807, 2.05) is 6.07 Å². The molecule has 0 aliphatic carbocycles. The van der Waals surface area contributed by atoms with Crippen molar-refractivity contribution < 1.29 is 22.0 Å². The summed E-state index contributed by atoms with van der Waals surface area (Å²) in [7, 11) is 0. The molecule has 0 aliphatic heterocycles. The third-order valence-electron chi connectivity index (χ3n) is 2.58. The average molecular weight is 284 g/mol. The average Bonchev–Trinajstić information content (AvgIpc) is 2.45. The minimum Gasteiger partial charge on any atom is -0.260 e. The van der Waals surface area contributed by atoms with Gasteiger partial charge in [0.15, 0.2) is 23.3 Å². The summed E-state index contributed by atoms with van der Waals surface area (Å²) in [6.07, 6.45) is 0.919. The summed E-state index contributed by atoms with van der Waals surface area (Å²) in [5.41, 5.74) is -0.989. The fourth-order valence-corrected chi connectivity index (χ4v) is 1.62. The third kappa shape index (κ3) is 2.20. The minimum atomic E-state index is -2.21. The Bertz CT molecular complexity index is 675. The lowest BCUT2D eigenvalue weighted by atomic mass is 10.0. The van der Waals surface area contributed by atoms with Gasteiger partial charge in [-0.15, -0.1) is 0 Å². The lowest BCUT2D eigenvalue weighted by Crippen LogP contribution is -2.04. The number of rotatable bonds is 2. The molecule has 2 rings (SSSR count). The molecule has 0 bridgehead atoms. The van der Waals surface area contributed by atoms with E-state index in [9.17, 15) is 22.0 Å². The molecule has 0 saturated carbocycles. The second-order valence-corrected chi connectivity index (χ2v) is 3.82. The van der Waals surface area contributed by atoms with Crippen LogP contribution in [0.25, 0.3) is 11.1 Å². The highest BCUT2D eigenvalue weighted by atomic mass is 19.2. The van der Waals surface area contributed by atoms with Crippen molar-refractivity contribution in [3.8, 4) is 17.2 Å². The Hall–Kier alpha value is -2.49. The Morgan fingerprint density at radius 1 is 0.900 bits per heavy atom. The predicted octanol–water partition coefficient (Wildman–Crippen LogP) is 3.51. The maximum absolute atomic E-state index is 13.5. The van der Waals surface area contributed by atoms with Gasteiger partial charge >= 0.3 is 0 Å². The monoisotopic (exact) mass is 284 g/mol. The smallest absolute Gasteiger partial charge is 0.200 e. The Kier molecular flexibility index (Phi) is 3.66. The fourth-order valence-electron chi connectivity index (χ4n) is 1.62. The molecule has 20 heavy (non-hydrogen) atoms. The molecule has 0 saturated heterocycles. The maximum Gasteiger partial charge on any atom is 0.200 e. The summed E-state index contributed by atoms with van der Waals surface area (Å²) >= 11 is 0. The fraction of sp³-hybridized carbons (Fsp3) is 0.0769. The first-order valence-corrected chi connectivity index (χ1v) is 5.31. The van der Waals surface area contributed by atoms with Gasteiger partial charge in [-0.3, -0.25) is 4.98 Å². The van der Waals surface area contributed by atoms with Crippen LogP contribution in [0.4, 0.5) is 22.0 Å². The normalized spacial score (nSPS) is 10.4. The van der Waals surface area contributed by atoms with Crippen LogP contribution in [-0.2, 0) is 6.42 Å². The highest BCUT2D eigenvalue weighted by molar-refractivity contribution is 5.64. The van der Waals surface area contributed by atoms with Crippen LogP contribution in [0.1, 0.15) is 5.69 Å². The van der Waals surface area contributed by atoms with Crippen LogP contribution < -0.4 is 0 Å². The zero-order valence-electron chi connectivity index (χ0n) is 9.72. The molecule has 2 aromatic rings. The summed E-state index contributed by atoms with van der Waals surface area (Å²) < 4.78 is 66.1. The highest BCUT2D eigenvalue weighted by Crippen LogP contribution is 2.31. The SMILES string of the molecule is N#CCc1ccc(-c2c(F)c(F)c(F)c(F)c2F)cn1. The van der Waals surface area contributed by atoms with Crippen molar-refractivity contribution in [1.29, 1.82) is 5.26 Å². The zero-order valence-corrected chi connectivity index (χ0v) is 9.72. The van der Waals surface area contributed by atoms with Gasteiger partial charge in [0.25, 0.3) is 0 Å². The van der Waals surface area contributed by atoms with Gasteiger partial charge in [-0.25, -0.2) is 22.0 Å². The number of hydrogen-bond acceptors (Lipinski definition) is 2. The van der Waals surface area contributed by atoms with E-state index < -0.39 is 34.6 Å². The van der Waals surface area contributed by atoms with Crippen molar-refractivity contribution in [3.63, 3.8) is 0 Å². The lowest BCUT2D eigenvalue weighted by molar-refractivity contribution is 0.381. The van der Waals surface area contributed by atoms with Crippen LogP contribution in [0, 0.1) is 40.4 Å². The van der Waals surface area contributed by atoms with Crippen molar-refractivity contribution in [2.24, 2.45) is 0 Å². The van der Waals surface area contributed by atoms with Gasteiger partial charge in [-0.1, -0.05) is 6.07 Å². The molecule has 0 N–H and O–H groups in total. The largest absolute Gasteiger partial charge is 0.260 e. The van der Waals surface area contributed by atoms with E-state index in [-0.39, 0.29) is 12.0 Å². The van der Waals surface area contributed by atoms with E-state index in [0.29, 0.717) is 5.69 Å². The third-order valence-corrected chi connectivity index (χ3v) is 2.58. The first-order valence-electron chi connectivity index (χ1n) is 5.31. The summed E-state index contributed by atoms with van der Waals surface area (Å²) in [5.74, 6) is -10.1. The van der Waals surface area contributed by atoms with E-state index >= 15 is 0 Å². The molecule has 0 radical (unpaired) electrons. The van der Waals surface area contributed by atoms with Crippen LogP contribution in [-0.4, -0.2) is 4.98 Å². The number of nitrogens with zero attached hydrogens (tertiary/aromatic N) is 2. The number of nitriles is 1. The van der Waals surface area contributed by atoms with E-state index in [1.54, 1.807) is 0 Å². The van der Waals surface area contributed by atoms with Crippen LogP contribution in [0.2, 0.25) is 0 Å². The predicted molar refractivity (Wildman–Crippen MR) is 58.8 cm³/mol. The summed E-state index contributed by atoms with van der Waals surface area (Å²) in [5, 5.41) is 8.45. The van der Waals surface area contributed by atoms with E-state index in [2.05, 4.69) is 4.98 Å². The molecule has 1 aromatic heterocycles. The van der Waals surface area contributed by atoms with Crippen LogP contribution in [0.5, 0.6) is 0 Å². The molecular formula is C13H5F5N2. The second-order valence-electron chi connectivity index (χ2n) is 3.82. The molecule has 0 fully saturated rings. The van der Waals surface area contributed by atoms with Crippen molar-refractivity contribution >= 4 is 0 Å². The summed E-state index contributed by atoms with van der Waals surface area (Å²) in [4.78, 5) is 3.71. The molecule has 1 heterocycles. The minimum absolute atomic E-state index is 0.0304. The van der Waals surface area contributed by atoms with Crippen LogP contribution in [0.3, 0.4) is 0 Å². The standard InChI is InChI=1S/C13H5F5N2/c14-9-8(10(15)12(17)13(18)11(9)16)6-1-2-7(3-4-19)20-5-6/h1-2,5H,3H2. The molecule has 2 nitrogen and oxygen atoms in total. The van der Waals surface area contributed by atoms with Crippen LogP contribution >= 0.6 is 0 Å². The Balaban J connectivity index is 2.61. The first kappa shape index (κ1) is 13.9. The van der Waals surface area contributed by atoms with E-state index in [4.69, 9.17) is 5.26 Å². The Morgan fingerprint density at radius 2 is 1.45 bits per heavy atom. The van der Waals surface area contributed by atoms with Crippen molar-refractivity contribution in [3.05, 3.63) is 53.1 Å². The summed E-state index contributed by atoms with van der Waals surface area (Å²) in [6, 6.07) is 4.22. The van der Waals surface area contributed by atoms with Gasteiger partial charge < -0.3 is 0 Å². The van der Waals surface area contributed by atoms with Gasteiger partial charge in [0, 0.05) is 11.8 Å². The van der Waals surface area contributed by atoms with Gasteiger partial charge in [-0.2, -0.15) is 5.26 Å². The molecule has 102 valence electrons. The second kappa shape index (κ2) is 5.25. The Labute approximate surface area is 110 Å². The first-order chi connectivity index (χ1) is 9.47. The van der Waals surface area contributed by atoms with Crippen LogP contribution in [0.15, 0.2) is 18.3 Å². The number of pyridine rings is 1. The zero-order chi connectivity index (χ0) is 14.9. The molecule has 0 spiro atoms. The molecule has 0 atom stereocenters. The number of hydrogen-bond donors (Lipinski definition) is 0. The van der Waals surface area contributed by atoms with Crippen molar-refractivity contribution in [2.45, 2.75) is 6.42 Å². The van der Waals surface area contributed by atoms with Gasteiger partial charge in [0.1, 0.15) is 0 Å². The van der Waals surface area contributed by atoms with E-state index in [0.717, 1.165) is 12.3 Å². The maximum atomic E-state index is 13.5. The molecule has 0 amide bonds. The van der Waals surface area contributed by atoms with Crippen molar-refractivity contribution in [2.75, 3.05) is 0 Å². The highest BCUT2D eigenvalue weighted by Gasteiger charge is 2.26. The number of benzene rings is 1. The number of aromatic nitrogens is 1. The molecule has 0 unspecified atom stereocenters. The van der Waals surface area contributed by atoms with Gasteiger partial charge in [0.2, 0.25) is 5.82 Å². The summed E-state index contributed by atoms with van der Waals surface area (Å²) in [6.45, 7) is 0. The molecule has 0 aliphatic rings. The van der Waals surface area contributed by atoms with Gasteiger partial charge in [0.05, 0.1) is 23.7 Å². The van der Waals surface area contributed by atoms with Gasteiger partial charge in [-0.05, 0) is 6.07 Å². The lowest BCUT2D eigenvalue weighted by Gasteiger charge is -2.08. The molecule has 7 heteroatoms. The van der Waals surface area contributed by atoms with E-state index in [1.165, 1.54) is 6.07 Å².